The van der Waals surface area contributed by atoms with Crippen molar-refractivity contribution in [3.8, 4) is 0 Å². The van der Waals surface area contributed by atoms with E-state index in [2.05, 4.69) is 10.4 Å². The van der Waals surface area contributed by atoms with E-state index in [4.69, 9.17) is 9.47 Å². The van der Waals surface area contributed by atoms with Gasteiger partial charge in [0, 0.05) is 18.9 Å². The maximum atomic E-state index is 12.1. The number of aromatic nitrogens is 2. The number of ether oxygens (including phenoxy) is 2. The molecule has 0 radical (unpaired) electrons. The van der Waals surface area contributed by atoms with Crippen LogP contribution in [0.2, 0.25) is 0 Å². The molecule has 0 aromatic carbocycles. The molecule has 1 saturated heterocycles. The fraction of sp³-hybridized carbons (Fsp3) is 0.538. The molecule has 120 valence electrons. The van der Waals surface area contributed by atoms with Gasteiger partial charge in [0.15, 0.2) is 0 Å². The van der Waals surface area contributed by atoms with Crippen molar-refractivity contribution in [1.82, 2.24) is 20.0 Å². The lowest BCUT2D eigenvalue weighted by Crippen LogP contribution is -2.48. The Bertz CT molecular complexity index is 531. The number of esters is 1. The van der Waals surface area contributed by atoms with Crippen LogP contribution in [0.1, 0.15) is 6.92 Å². The molecule has 1 N–H and O–H groups in total. The zero-order chi connectivity index (χ0) is 15.9. The second-order valence-corrected chi connectivity index (χ2v) is 4.59. The van der Waals surface area contributed by atoms with Gasteiger partial charge in [-0.25, -0.2) is 4.79 Å². The highest BCUT2D eigenvalue weighted by Gasteiger charge is 2.39. The molecule has 2 heterocycles. The van der Waals surface area contributed by atoms with Crippen LogP contribution in [0, 0.1) is 0 Å². The molecule has 2 rings (SSSR count). The number of carbonyl (C=O) groups excluding carboxylic acids is 3. The number of amides is 2. The Labute approximate surface area is 127 Å². The van der Waals surface area contributed by atoms with Crippen molar-refractivity contribution in [1.29, 1.82) is 0 Å². The van der Waals surface area contributed by atoms with Crippen LogP contribution >= 0.6 is 0 Å². The van der Waals surface area contributed by atoms with Crippen molar-refractivity contribution in [2.75, 3.05) is 26.3 Å². The molecule has 0 saturated carbocycles. The summed E-state index contributed by atoms with van der Waals surface area (Å²) in [5, 5.41) is 6.71. The summed E-state index contributed by atoms with van der Waals surface area (Å²) in [6.45, 7) is 2.37. The molecule has 2 amide bonds. The van der Waals surface area contributed by atoms with Crippen molar-refractivity contribution in [2.45, 2.75) is 19.5 Å². The molecular formula is C13H18N4O5. The highest BCUT2D eigenvalue weighted by atomic mass is 16.6. The molecule has 0 bridgehead atoms. The van der Waals surface area contributed by atoms with Crippen LogP contribution in [0.3, 0.4) is 0 Å². The van der Waals surface area contributed by atoms with Crippen LogP contribution in [-0.4, -0.2) is 65.0 Å². The third kappa shape index (κ3) is 3.96. The van der Waals surface area contributed by atoms with E-state index >= 15 is 0 Å². The first kappa shape index (κ1) is 15.8. The normalized spacial score (nSPS) is 17.2. The van der Waals surface area contributed by atoms with Crippen molar-refractivity contribution < 1.29 is 23.9 Å². The molecule has 0 aliphatic carbocycles. The first-order valence-corrected chi connectivity index (χ1v) is 6.96. The number of nitrogens with zero attached hydrogens (tertiary/aromatic N) is 3. The molecule has 1 atom stereocenters. The zero-order valence-electron chi connectivity index (χ0n) is 12.2. The van der Waals surface area contributed by atoms with Crippen molar-refractivity contribution in [2.24, 2.45) is 0 Å². The van der Waals surface area contributed by atoms with Crippen molar-refractivity contribution in [3.05, 3.63) is 18.5 Å². The monoisotopic (exact) mass is 310 g/mol. The second-order valence-electron chi connectivity index (χ2n) is 4.59. The molecule has 1 aromatic heterocycles. The lowest BCUT2D eigenvalue weighted by Gasteiger charge is -2.19. The molecule has 9 heteroatoms. The standard InChI is InChI=1S/C13H18N4O5/c1-2-21-11(18)8-17-10(9-22-13(17)20)12(19)14-5-7-16-6-3-4-15-16/h3-4,6,10H,2,5,7-9H2,1H3,(H,14,19)/t10-/m0/s1. The molecule has 0 spiro atoms. The quantitative estimate of drug-likeness (QED) is 0.674. The van der Waals surface area contributed by atoms with Gasteiger partial charge in [0.25, 0.3) is 0 Å². The number of hydrogen-bond donors (Lipinski definition) is 1. The summed E-state index contributed by atoms with van der Waals surface area (Å²) in [7, 11) is 0. The Balaban J connectivity index is 1.84. The minimum absolute atomic E-state index is 0.0775. The highest BCUT2D eigenvalue weighted by Crippen LogP contribution is 2.12. The van der Waals surface area contributed by atoms with Crippen LogP contribution in [0.5, 0.6) is 0 Å². The summed E-state index contributed by atoms with van der Waals surface area (Å²) in [4.78, 5) is 36.2. The summed E-state index contributed by atoms with van der Waals surface area (Å²) in [6.07, 6.45) is 2.73. The van der Waals surface area contributed by atoms with Crippen LogP contribution < -0.4 is 5.32 Å². The number of hydrogen-bond acceptors (Lipinski definition) is 6. The second kappa shape index (κ2) is 7.43. The van der Waals surface area contributed by atoms with E-state index in [9.17, 15) is 14.4 Å². The van der Waals surface area contributed by atoms with E-state index in [1.54, 1.807) is 30.1 Å². The maximum Gasteiger partial charge on any atom is 0.411 e. The summed E-state index contributed by atoms with van der Waals surface area (Å²) < 4.78 is 11.3. The molecule has 1 aliphatic heterocycles. The fourth-order valence-electron chi connectivity index (χ4n) is 2.03. The van der Waals surface area contributed by atoms with E-state index in [1.165, 1.54) is 0 Å². The van der Waals surface area contributed by atoms with Gasteiger partial charge >= 0.3 is 12.1 Å². The molecule has 22 heavy (non-hydrogen) atoms. The van der Waals surface area contributed by atoms with Crippen LogP contribution in [0.4, 0.5) is 4.79 Å². The highest BCUT2D eigenvalue weighted by molar-refractivity contribution is 5.90. The largest absolute Gasteiger partial charge is 0.465 e. The Kier molecular flexibility index (Phi) is 5.34. The number of rotatable bonds is 7. The third-order valence-electron chi connectivity index (χ3n) is 3.08. The fourth-order valence-corrected chi connectivity index (χ4v) is 2.03. The van der Waals surface area contributed by atoms with Gasteiger partial charge in [-0.2, -0.15) is 5.10 Å². The number of nitrogens with one attached hydrogen (secondary N) is 1. The number of carbonyl (C=O) groups is 3. The van der Waals surface area contributed by atoms with E-state index in [1.807, 2.05) is 0 Å². The minimum Gasteiger partial charge on any atom is -0.465 e. The maximum absolute atomic E-state index is 12.1. The predicted molar refractivity (Wildman–Crippen MR) is 73.7 cm³/mol. The van der Waals surface area contributed by atoms with E-state index in [0.29, 0.717) is 13.1 Å². The average molecular weight is 310 g/mol. The number of cyclic esters (lactones) is 1. The Morgan fingerprint density at radius 2 is 2.36 bits per heavy atom. The lowest BCUT2D eigenvalue weighted by molar-refractivity contribution is -0.144. The molecular weight excluding hydrogens is 292 g/mol. The third-order valence-corrected chi connectivity index (χ3v) is 3.08. The first-order chi connectivity index (χ1) is 10.6. The molecule has 1 aromatic rings. The summed E-state index contributed by atoms with van der Waals surface area (Å²) in [6, 6.07) is 0.960. The smallest absolute Gasteiger partial charge is 0.411 e. The van der Waals surface area contributed by atoms with E-state index < -0.39 is 18.1 Å². The van der Waals surface area contributed by atoms with Gasteiger partial charge in [-0.05, 0) is 13.0 Å². The van der Waals surface area contributed by atoms with E-state index in [-0.39, 0.29) is 25.7 Å². The molecule has 1 aliphatic rings. The topological polar surface area (TPSA) is 103 Å². The molecule has 1 fully saturated rings. The van der Waals surface area contributed by atoms with Crippen LogP contribution in [-0.2, 0) is 25.6 Å². The van der Waals surface area contributed by atoms with Crippen LogP contribution in [0.15, 0.2) is 18.5 Å². The predicted octanol–water partition coefficient (Wildman–Crippen LogP) is -0.617. The van der Waals surface area contributed by atoms with Crippen molar-refractivity contribution in [3.63, 3.8) is 0 Å². The average Bonchev–Trinajstić information content (AvgIpc) is 3.10. The summed E-state index contributed by atoms with van der Waals surface area (Å²) in [5.74, 6) is -0.946. The van der Waals surface area contributed by atoms with Gasteiger partial charge < -0.3 is 14.8 Å². The first-order valence-electron chi connectivity index (χ1n) is 6.96. The minimum atomic E-state index is -0.825. The zero-order valence-corrected chi connectivity index (χ0v) is 12.2. The van der Waals surface area contributed by atoms with E-state index in [0.717, 1.165) is 4.90 Å². The van der Waals surface area contributed by atoms with Gasteiger partial charge in [0.1, 0.15) is 19.2 Å². The van der Waals surface area contributed by atoms with Gasteiger partial charge in [0.05, 0.1) is 13.2 Å². The Hall–Kier alpha value is -2.58. The summed E-state index contributed by atoms with van der Waals surface area (Å²) >= 11 is 0. The van der Waals surface area contributed by atoms with Gasteiger partial charge in [-0.15, -0.1) is 0 Å². The molecule has 0 unspecified atom stereocenters. The van der Waals surface area contributed by atoms with Crippen LogP contribution in [0.25, 0.3) is 0 Å². The summed E-state index contributed by atoms with van der Waals surface area (Å²) in [5.41, 5.74) is 0. The SMILES string of the molecule is CCOC(=O)CN1C(=O)OC[C@H]1C(=O)NCCn1cccn1. The molecule has 9 nitrogen and oxygen atoms in total. The van der Waals surface area contributed by atoms with Crippen molar-refractivity contribution >= 4 is 18.0 Å². The lowest BCUT2D eigenvalue weighted by atomic mass is 10.2. The van der Waals surface area contributed by atoms with Gasteiger partial charge in [-0.3, -0.25) is 19.2 Å². The van der Waals surface area contributed by atoms with Gasteiger partial charge in [-0.1, -0.05) is 0 Å². The van der Waals surface area contributed by atoms with Gasteiger partial charge in [0.2, 0.25) is 5.91 Å². The Morgan fingerprint density at radius 1 is 1.55 bits per heavy atom. The Morgan fingerprint density at radius 3 is 3.05 bits per heavy atom.